The average molecular weight is 189 g/mol. The molecule has 0 bridgehead atoms. The maximum atomic E-state index is 10.7. The molecule has 0 spiro atoms. The minimum atomic E-state index is -0.747. The summed E-state index contributed by atoms with van der Waals surface area (Å²) in [6, 6.07) is 6.01. The Morgan fingerprint density at radius 3 is 2.31 bits per heavy atom. The van der Waals surface area contributed by atoms with Gasteiger partial charge in [-0.1, -0.05) is 12.1 Å². The highest BCUT2D eigenvalue weighted by atomic mass is 16.7. The highest BCUT2D eigenvalue weighted by Crippen LogP contribution is 2.15. The van der Waals surface area contributed by atoms with E-state index in [9.17, 15) is 4.79 Å². The van der Waals surface area contributed by atoms with E-state index in [2.05, 4.69) is 10.7 Å². The molecule has 0 heterocycles. The fourth-order valence-electron chi connectivity index (χ4n) is 0.710. The molecule has 0 aliphatic carbocycles. The van der Waals surface area contributed by atoms with Crippen molar-refractivity contribution in [1.82, 2.24) is 0 Å². The molecule has 0 aromatic heterocycles. The van der Waals surface area contributed by atoms with Crippen molar-refractivity contribution < 1.29 is 25.7 Å². The Morgan fingerprint density at radius 1 is 1.31 bits per heavy atom. The van der Waals surface area contributed by atoms with Gasteiger partial charge in [0.05, 0.1) is 0 Å². The van der Waals surface area contributed by atoms with Crippen molar-refractivity contribution in [3.63, 3.8) is 0 Å². The summed E-state index contributed by atoms with van der Waals surface area (Å²) in [6.07, 6.45) is 0. The number of para-hydroxylation sites is 1. The second kappa shape index (κ2) is 5.95. The fraction of sp³-hybridized carbons (Fsp3) is 0. The number of rotatable bonds is 1. The average Bonchev–Trinajstić information content (AvgIpc) is 2.04. The number of phenolic OH excluding ortho intramolecular Hbond substituents is 1. The molecular weight excluding hydrogens is 178 g/mol. The molecule has 7 N–H and O–H groups in total. The van der Waals surface area contributed by atoms with Crippen molar-refractivity contribution in [3.05, 3.63) is 29.8 Å². The predicted octanol–water partition coefficient (Wildman–Crippen LogP) is -1.23. The molecule has 0 radical (unpaired) electrons. The normalized spacial score (nSPS) is 7.77. The Labute approximate surface area is 74.1 Å². The van der Waals surface area contributed by atoms with Gasteiger partial charge in [0.15, 0.2) is 0 Å². The van der Waals surface area contributed by atoms with Gasteiger partial charge in [-0.3, -0.25) is 0 Å². The van der Waals surface area contributed by atoms with Gasteiger partial charge in [0.25, 0.3) is 0 Å². The molecule has 0 aliphatic rings. The first-order chi connectivity index (χ1) is 5.25. The monoisotopic (exact) mass is 189 g/mol. The second-order valence-electron chi connectivity index (χ2n) is 1.92. The van der Waals surface area contributed by atoms with Crippen LogP contribution in [0.15, 0.2) is 24.3 Å². The van der Waals surface area contributed by atoms with Crippen LogP contribution in [0.2, 0.25) is 0 Å². The van der Waals surface area contributed by atoms with Crippen LogP contribution in [0, 0.1) is 0 Å². The summed E-state index contributed by atoms with van der Waals surface area (Å²) in [6.45, 7) is 0. The first-order valence-electron chi connectivity index (χ1n) is 2.94. The molecule has 0 aliphatic heterocycles. The molecule has 74 valence electrons. The third-order valence-electron chi connectivity index (χ3n) is 1.23. The Hall–Kier alpha value is -1.63. The van der Waals surface area contributed by atoms with E-state index in [1.54, 1.807) is 12.1 Å². The van der Waals surface area contributed by atoms with Crippen LogP contribution < -0.4 is 5.90 Å². The SMILES string of the molecule is NOC(=O)c1ccccc1O.O.O. The summed E-state index contributed by atoms with van der Waals surface area (Å²) < 4.78 is 0. The van der Waals surface area contributed by atoms with E-state index < -0.39 is 5.97 Å². The topological polar surface area (TPSA) is 136 Å². The highest BCUT2D eigenvalue weighted by molar-refractivity contribution is 5.91. The lowest BCUT2D eigenvalue weighted by Gasteiger charge is -1.98. The van der Waals surface area contributed by atoms with Gasteiger partial charge < -0.3 is 20.9 Å². The smallest absolute Gasteiger partial charge is 0.360 e. The number of carbonyl (C=O) groups is 1. The Bertz CT molecular complexity index is 275. The third-order valence-corrected chi connectivity index (χ3v) is 1.23. The fourth-order valence-corrected chi connectivity index (χ4v) is 0.710. The first kappa shape index (κ1) is 13.9. The molecule has 0 saturated heterocycles. The van der Waals surface area contributed by atoms with Crippen LogP contribution in [0.5, 0.6) is 5.75 Å². The maximum absolute atomic E-state index is 10.7. The maximum Gasteiger partial charge on any atom is 0.360 e. The molecule has 0 atom stereocenters. The quantitative estimate of drug-likeness (QED) is 0.534. The number of phenols is 1. The van der Waals surface area contributed by atoms with Crippen LogP contribution in [-0.2, 0) is 4.84 Å². The lowest BCUT2D eigenvalue weighted by Crippen LogP contribution is -2.09. The molecule has 0 amide bonds. The lowest BCUT2D eigenvalue weighted by atomic mass is 10.2. The lowest BCUT2D eigenvalue weighted by molar-refractivity contribution is 0.0500. The Balaban J connectivity index is 0. The summed E-state index contributed by atoms with van der Waals surface area (Å²) in [5.41, 5.74) is 0.0648. The summed E-state index contributed by atoms with van der Waals surface area (Å²) >= 11 is 0. The number of nitrogens with two attached hydrogens (primary N) is 1. The van der Waals surface area contributed by atoms with Crippen molar-refractivity contribution in [2.45, 2.75) is 0 Å². The minimum absolute atomic E-state index is 0. The van der Waals surface area contributed by atoms with Crippen molar-refractivity contribution in [2.24, 2.45) is 5.90 Å². The van der Waals surface area contributed by atoms with Crippen LogP contribution >= 0.6 is 0 Å². The summed E-state index contributed by atoms with van der Waals surface area (Å²) in [7, 11) is 0. The molecule has 0 unspecified atom stereocenters. The van der Waals surface area contributed by atoms with Gasteiger partial charge in [-0.05, 0) is 12.1 Å². The molecule has 0 fully saturated rings. The Kier molecular flexibility index (Phi) is 6.37. The molecule has 1 rings (SSSR count). The molecule has 13 heavy (non-hydrogen) atoms. The molecule has 6 heteroatoms. The van der Waals surface area contributed by atoms with Crippen LogP contribution in [-0.4, -0.2) is 22.0 Å². The molecule has 6 nitrogen and oxygen atoms in total. The van der Waals surface area contributed by atoms with E-state index in [0.717, 1.165) is 0 Å². The zero-order chi connectivity index (χ0) is 8.27. The van der Waals surface area contributed by atoms with Gasteiger partial charge in [0.2, 0.25) is 0 Å². The molecule has 0 saturated carbocycles. The predicted molar refractivity (Wildman–Crippen MR) is 44.9 cm³/mol. The van der Waals surface area contributed by atoms with Crippen LogP contribution in [0.3, 0.4) is 0 Å². The van der Waals surface area contributed by atoms with E-state index in [0.29, 0.717) is 0 Å². The van der Waals surface area contributed by atoms with Gasteiger partial charge in [0, 0.05) is 0 Å². The van der Waals surface area contributed by atoms with Crippen molar-refractivity contribution in [1.29, 1.82) is 0 Å². The summed E-state index contributed by atoms with van der Waals surface area (Å²) in [5.74, 6) is 3.73. The van der Waals surface area contributed by atoms with Crippen LogP contribution in [0.25, 0.3) is 0 Å². The first-order valence-corrected chi connectivity index (χ1v) is 2.94. The van der Waals surface area contributed by atoms with E-state index in [-0.39, 0.29) is 22.3 Å². The summed E-state index contributed by atoms with van der Waals surface area (Å²) in [5, 5.41) is 9.06. The number of benzene rings is 1. The number of aromatic hydroxyl groups is 1. The van der Waals surface area contributed by atoms with Gasteiger partial charge >= 0.3 is 5.97 Å². The van der Waals surface area contributed by atoms with Crippen LogP contribution in [0.1, 0.15) is 10.4 Å². The zero-order valence-corrected chi connectivity index (χ0v) is 6.65. The minimum Gasteiger partial charge on any atom is -0.507 e. The second-order valence-corrected chi connectivity index (χ2v) is 1.92. The number of carbonyl (C=O) groups excluding carboxylic acids is 1. The van der Waals surface area contributed by atoms with E-state index in [1.807, 2.05) is 0 Å². The van der Waals surface area contributed by atoms with Crippen molar-refractivity contribution >= 4 is 5.97 Å². The van der Waals surface area contributed by atoms with Crippen molar-refractivity contribution in [3.8, 4) is 5.75 Å². The molecular formula is C7H11NO5. The Morgan fingerprint density at radius 2 is 1.85 bits per heavy atom. The third kappa shape index (κ3) is 3.08. The molecule has 1 aromatic carbocycles. The highest BCUT2D eigenvalue weighted by Gasteiger charge is 2.09. The van der Waals surface area contributed by atoms with E-state index in [1.165, 1.54) is 12.1 Å². The number of hydrogen-bond donors (Lipinski definition) is 2. The van der Waals surface area contributed by atoms with E-state index in [4.69, 9.17) is 5.11 Å². The molecule has 1 aromatic rings. The number of hydrogen-bond acceptors (Lipinski definition) is 4. The van der Waals surface area contributed by atoms with Crippen molar-refractivity contribution in [2.75, 3.05) is 0 Å². The zero-order valence-electron chi connectivity index (χ0n) is 6.65. The van der Waals surface area contributed by atoms with Gasteiger partial charge in [-0.25, -0.2) is 4.79 Å². The van der Waals surface area contributed by atoms with Gasteiger partial charge in [-0.2, -0.15) is 5.90 Å². The largest absolute Gasteiger partial charge is 0.507 e. The van der Waals surface area contributed by atoms with E-state index >= 15 is 0 Å². The standard InChI is InChI=1S/C7H7NO3.2H2O/c8-11-7(10)5-3-1-2-4-6(5)9;;/h1-4,9H,8H2;2*1H2. The van der Waals surface area contributed by atoms with Crippen LogP contribution in [0.4, 0.5) is 0 Å². The van der Waals surface area contributed by atoms with Gasteiger partial charge in [0.1, 0.15) is 11.3 Å². The van der Waals surface area contributed by atoms with Gasteiger partial charge in [-0.15, -0.1) is 0 Å². The summed E-state index contributed by atoms with van der Waals surface area (Å²) in [4.78, 5) is 14.6.